The summed E-state index contributed by atoms with van der Waals surface area (Å²) >= 11 is 0. The Morgan fingerprint density at radius 1 is 1.19 bits per heavy atom. The first-order valence-electron chi connectivity index (χ1n) is 11.1. The summed E-state index contributed by atoms with van der Waals surface area (Å²) in [7, 11) is 0. The summed E-state index contributed by atoms with van der Waals surface area (Å²) in [6.07, 6.45) is 0.817. The van der Waals surface area contributed by atoms with Gasteiger partial charge in [0.25, 0.3) is 0 Å². The minimum absolute atomic E-state index is 0.208. The van der Waals surface area contributed by atoms with E-state index in [2.05, 4.69) is 15.6 Å². The van der Waals surface area contributed by atoms with Gasteiger partial charge in [0.15, 0.2) is 5.96 Å². The number of ether oxygens (including phenoxy) is 1. The summed E-state index contributed by atoms with van der Waals surface area (Å²) in [6.45, 7) is 6.63. The van der Waals surface area contributed by atoms with Gasteiger partial charge in [-0.05, 0) is 56.5 Å². The van der Waals surface area contributed by atoms with Crippen LogP contribution in [0.25, 0.3) is 0 Å². The van der Waals surface area contributed by atoms with E-state index in [0.29, 0.717) is 63.0 Å². The van der Waals surface area contributed by atoms with Gasteiger partial charge in [0, 0.05) is 25.7 Å². The monoisotopic (exact) mass is 446 g/mol. The Morgan fingerprint density at radius 3 is 2.66 bits per heavy atom. The van der Waals surface area contributed by atoms with Crippen LogP contribution >= 0.6 is 0 Å². The summed E-state index contributed by atoms with van der Waals surface area (Å²) in [4.78, 5) is 6.51. The van der Waals surface area contributed by atoms with E-state index in [1.807, 2.05) is 24.8 Å². The van der Waals surface area contributed by atoms with Gasteiger partial charge >= 0.3 is 0 Å². The molecule has 1 aliphatic heterocycles. The van der Waals surface area contributed by atoms with Crippen molar-refractivity contribution in [3.05, 3.63) is 59.7 Å². The first-order valence-corrected chi connectivity index (χ1v) is 11.1. The molecule has 0 aromatic heterocycles. The van der Waals surface area contributed by atoms with Crippen LogP contribution in [0.4, 0.5) is 14.5 Å². The highest BCUT2D eigenvalue weighted by Gasteiger charge is 2.19. The number of nitrogens with zero attached hydrogens (tertiary/aromatic N) is 2. The van der Waals surface area contributed by atoms with Gasteiger partial charge in [-0.2, -0.15) is 0 Å². The second-order valence-electron chi connectivity index (χ2n) is 7.97. The molecule has 3 rings (SSSR count). The standard InChI is InChI=1S/C24H32F2N4O2/c1-3-27-24(28-15-17(2)32-21-6-4-5-19(25)14-21)29-16-18-7-8-23(22(26)13-18)30-11-9-20(31)10-12-30/h4-8,13-14,17,20,31H,3,9-12,15-16H2,1-2H3,(H2,27,28,29). The molecule has 1 saturated heterocycles. The molecule has 3 N–H and O–H groups in total. The number of aliphatic imine (C=N–C) groups is 1. The van der Waals surface area contributed by atoms with Gasteiger partial charge in [-0.25, -0.2) is 13.8 Å². The first kappa shape index (κ1) is 23.8. The third-order valence-electron chi connectivity index (χ3n) is 5.27. The molecule has 0 bridgehead atoms. The van der Waals surface area contributed by atoms with Crippen molar-refractivity contribution in [3.63, 3.8) is 0 Å². The zero-order chi connectivity index (χ0) is 22.9. The molecule has 1 heterocycles. The largest absolute Gasteiger partial charge is 0.489 e. The molecule has 0 amide bonds. The number of rotatable bonds is 8. The van der Waals surface area contributed by atoms with Gasteiger partial charge in [-0.3, -0.25) is 0 Å². The molecule has 1 aliphatic rings. The Balaban J connectivity index is 1.55. The Kier molecular flexibility index (Phi) is 8.67. The van der Waals surface area contributed by atoms with Gasteiger partial charge in [-0.15, -0.1) is 0 Å². The van der Waals surface area contributed by atoms with E-state index in [4.69, 9.17) is 4.74 Å². The summed E-state index contributed by atoms with van der Waals surface area (Å²) in [5.41, 5.74) is 1.34. The Labute approximate surface area is 188 Å². The Hall–Kier alpha value is -2.87. The van der Waals surface area contributed by atoms with Gasteiger partial charge in [0.05, 0.1) is 24.9 Å². The normalized spacial score (nSPS) is 16.0. The van der Waals surface area contributed by atoms with E-state index >= 15 is 0 Å². The molecule has 2 aromatic carbocycles. The third-order valence-corrected chi connectivity index (χ3v) is 5.27. The average molecular weight is 447 g/mol. The molecule has 2 aromatic rings. The van der Waals surface area contributed by atoms with Crippen molar-refractivity contribution in [1.82, 2.24) is 10.6 Å². The van der Waals surface area contributed by atoms with Crippen molar-refractivity contribution in [2.75, 3.05) is 31.1 Å². The van der Waals surface area contributed by atoms with E-state index in [9.17, 15) is 13.9 Å². The van der Waals surface area contributed by atoms with Crippen LogP contribution in [0.3, 0.4) is 0 Å². The maximum atomic E-state index is 14.7. The lowest BCUT2D eigenvalue weighted by Crippen LogP contribution is -2.41. The van der Waals surface area contributed by atoms with Crippen LogP contribution < -0.4 is 20.3 Å². The molecule has 0 saturated carbocycles. The van der Waals surface area contributed by atoms with Gasteiger partial charge in [-0.1, -0.05) is 12.1 Å². The van der Waals surface area contributed by atoms with Gasteiger partial charge < -0.3 is 25.4 Å². The number of hydrogen-bond donors (Lipinski definition) is 3. The van der Waals surface area contributed by atoms with Crippen LogP contribution in [0.2, 0.25) is 0 Å². The van der Waals surface area contributed by atoms with E-state index in [-0.39, 0.29) is 23.8 Å². The van der Waals surface area contributed by atoms with Crippen molar-refractivity contribution in [2.24, 2.45) is 4.99 Å². The fourth-order valence-corrected chi connectivity index (χ4v) is 3.58. The predicted octanol–water partition coefficient (Wildman–Crippen LogP) is 3.45. The maximum absolute atomic E-state index is 14.7. The van der Waals surface area contributed by atoms with E-state index in [1.54, 1.807) is 18.2 Å². The van der Waals surface area contributed by atoms with Crippen LogP contribution in [0.5, 0.6) is 5.75 Å². The Morgan fingerprint density at radius 2 is 1.97 bits per heavy atom. The molecule has 1 fully saturated rings. The number of anilines is 1. The molecule has 0 spiro atoms. The highest BCUT2D eigenvalue weighted by molar-refractivity contribution is 5.79. The van der Waals surface area contributed by atoms with Gasteiger partial charge in [0.1, 0.15) is 23.5 Å². The summed E-state index contributed by atoms with van der Waals surface area (Å²) in [6, 6.07) is 11.2. The smallest absolute Gasteiger partial charge is 0.191 e. The number of nitrogens with one attached hydrogen (secondary N) is 2. The number of aliphatic hydroxyl groups is 1. The summed E-state index contributed by atoms with van der Waals surface area (Å²) in [5.74, 6) is 0.453. The zero-order valence-electron chi connectivity index (χ0n) is 18.7. The maximum Gasteiger partial charge on any atom is 0.191 e. The highest BCUT2D eigenvalue weighted by atomic mass is 19.1. The Bertz CT molecular complexity index is 901. The summed E-state index contributed by atoms with van der Waals surface area (Å²) in [5, 5.41) is 16.0. The van der Waals surface area contributed by atoms with Gasteiger partial charge in [0.2, 0.25) is 0 Å². The fraction of sp³-hybridized carbons (Fsp3) is 0.458. The second kappa shape index (κ2) is 11.7. The lowest BCUT2D eigenvalue weighted by Gasteiger charge is -2.31. The van der Waals surface area contributed by atoms with Crippen molar-refractivity contribution in [2.45, 2.75) is 45.4 Å². The SMILES string of the molecule is CCNC(=NCc1ccc(N2CCC(O)CC2)c(F)c1)NCC(C)Oc1cccc(F)c1. The van der Waals surface area contributed by atoms with Crippen LogP contribution in [0, 0.1) is 11.6 Å². The zero-order valence-corrected chi connectivity index (χ0v) is 18.7. The molecule has 6 nitrogen and oxygen atoms in total. The molecule has 8 heteroatoms. The number of aliphatic hydroxyl groups excluding tert-OH is 1. The van der Waals surface area contributed by atoms with Crippen LogP contribution in [0.1, 0.15) is 32.3 Å². The molecular formula is C24H32F2N4O2. The average Bonchev–Trinajstić information content (AvgIpc) is 2.76. The minimum Gasteiger partial charge on any atom is -0.489 e. The molecule has 0 radical (unpaired) electrons. The quantitative estimate of drug-likeness (QED) is 0.428. The number of halogens is 2. The molecule has 32 heavy (non-hydrogen) atoms. The fourth-order valence-electron chi connectivity index (χ4n) is 3.58. The third kappa shape index (κ3) is 7.09. The van der Waals surface area contributed by atoms with E-state index in [0.717, 1.165) is 5.56 Å². The van der Waals surface area contributed by atoms with Crippen molar-refractivity contribution >= 4 is 11.6 Å². The van der Waals surface area contributed by atoms with Crippen LogP contribution in [0.15, 0.2) is 47.5 Å². The van der Waals surface area contributed by atoms with Crippen molar-refractivity contribution in [1.29, 1.82) is 0 Å². The topological polar surface area (TPSA) is 69.1 Å². The second-order valence-corrected chi connectivity index (χ2v) is 7.97. The number of benzene rings is 2. The molecular weight excluding hydrogens is 414 g/mol. The molecule has 1 unspecified atom stereocenters. The number of piperidine rings is 1. The molecule has 174 valence electrons. The lowest BCUT2D eigenvalue weighted by molar-refractivity contribution is 0.145. The number of hydrogen-bond acceptors (Lipinski definition) is 4. The van der Waals surface area contributed by atoms with E-state index < -0.39 is 0 Å². The van der Waals surface area contributed by atoms with Crippen molar-refractivity contribution < 1.29 is 18.6 Å². The van der Waals surface area contributed by atoms with Crippen molar-refractivity contribution in [3.8, 4) is 5.75 Å². The van der Waals surface area contributed by atoms with Crippen LogP contribution in [-0.4, -0.2) is 49.5 Å². The number of guanidine groups is 1. The van der Waals surface area contributed by atoms with Crippen LogP contribution in [-0.2, 0) is 6.54 Å². The first-order chi connectivity index (χ1) is 15.4. The van der Waals surface area contributed by atoms with E-state index in [1.165, 1.54) is 18.2 Å². The minimum atomic E-state index is -0.339. The highest BCUT2D eigenvalue weighted by Crippen LogP contribution is 2.24. The summed E-state index contributed by atoms with van der Waals surface area (Å²) < 4.78 is 33.7. The molecule has 1 atom stereocenters. The predicted molar refractivity (Wildman–Crippen MR) is 123 cm³/mol. The lowest BCUT2D eigenvalue weighted by atomic mass is 10.1. The molecule has 0 aliphatic carbocycles.